The van der Waals surface area contributed by atoms with E-state index in [1.807, 2.05) is 0 Å². The van der Waals surface area contributed by atoms with Gasteiger partial charge < -0.3 is 15.4 Å². The molecule has 1 aromatic heterocycles. The predicted molar refractivity (Wildman–Crippen MR) is 51.8 cm³/mol. The molecule has 0 aromatic carbocycles. The van der Waals surface area contributed by atoms with Gasteiger partial charge in [0.15, 0.2) is 0 Å². The number of nitrogens with zero attached hydrogens (tertiary/aromatic N) is 2. The van der Waals surface area contributed by atoms with Crippen molar-refractivity contribution in [2.24, 2.45) is 0 Å². The second kappa shape index (κ2) is 3.42. The summed E-state index contributed by atoms with van der Waals surface area (Å²) < 4.78 is 1.76. The molecule has 2 unspecified atom stereocenters. The van der Waals surface area contributed by atoms with Crippen LogP contribution in [0.5, 0.6) is 0 Å². The van der Waals surface area contributed by atoms with Crippen molar-refractivity contribution in [2.45, 2.75) is 31.4 Å². The fraction of sp³-hybridized carbons (Fsp3) is 0.556. The van der Waals surface area contributed by atoms with E-state index in [-0.39, 0.29) is 23.7 Å². The largest absolute Gasteiger partial charge is 0.393 e. The molecule has 0 bridgehead atoms. The first-order valence-corrected chi connectivity index (χ1v) is 4.69. The van der Waals surface area contributed by atoms with Crippen LogP contribution in [-0.4, -0.2) is 20.8 Å². The molecule has 1 fully saturated rings. The maximum Gasteiger partial charge on any atom is 0.274 e. The second-order valence-electron chi connectivity index (χ2n) is 3.65. The Kier molecular flexibility index (Phi) is 2.25. The predicted octanol–water partition coefficient (Wildman–Crippen LogP) is -0.0886. The van der Waals surface area contributed by atoms with Crippen LogP contribution in [0.1, 0.15) is 25.3 Å². The van der Waals surface area contributed by atoms with Crippen LogP contribution in [0.4, 0.5) is 5.95 Å². The zero-order valence-corrected chi connectivity index (χ0v) is 7.76. The van der Waals surface area contributed by atoms with Gasteiger partial charge in [0.05, 0.1) is 6.10 Å². The molecule has 0 aliphatic heterocycles. The van der Waals surface area contributed by atoms with Crippen LogP contribution in [0, 0.1) is 0 Å². The van der Waals surface area contributed by atoms with Crippen molar-refractivity contribution in [3.05, 3.63) is 22.6 Å². The molecule has 3 N–H and O–H groups in total. The summed E-state index contributed by atoms with van der Waals surface area (Å²) in [6.45, 7) is 0. The summed E-state index contributed by atoms with van der Waals surface area (Å²) in [6, 6.07) is 1.57. The highest BCUT2D eigenvalue weighted by molar-refractivity contribution is 5.17. The standard InChI is InChI=1S/C9H13N3O2/c10-9-11-8(14)3-4-12(9)6-1-2-7(13)5-6/h3-4,6-7,13H,1-2,5H2,(H2,10,11,14). The monoisotopic (exact) mass is 195 g/mol. The highest BCUT2D eigenvalue weighted by Crippen LogP contribution is 2.30. The molecule has 1 heterocycles. The summed E-state index contributed by atoms with van der Waals surface area (Å²) >= 11 is 0. The Morgan fingerprint density at radius 3 is 2.93 bits per heavy atom. The maximum absolute atomic E-state index is 10.9. The number of rotatable bonds is 1. The fourth-order valence-electron chi connectivity index (χ4n) is 1.92. The average molecular weight is 195 g/mol. The zero-order valence-electron chi connectivity index (χ0n) is 7.76. The molecule has 0 saturated heterocycles. The average Bonchev–Trinajstić information content (AvgIpc) is 2.51. The highest BCUT2D eigenvalue weighted by Gasteiger charge is 2.24. The number of anilines is 1. The van der Waals surface area contributed by atoms with Crippen LogP contribution in [0.3, 0.4) is 0 Å². The van der Waals surface area contributed by atoms with Gasteiger partial charge in [-0.1, -0.05) is 0 Å². The van der Waals surface area contributed by atoms with E-state index in [1.165, 1.54) is 6.07 Å². The minimum Gasteiger partial charge on any atom is -0.393 e. The van der Waals surface area contributed by atoms with Crippen molar-refractivity contribution in [2.75, 3.05) is 5.73 Å². The first kappa shape index (κ1) is 9.21. The fourth-order valence-corrected chi connectivity index (χ4v) is 1.92. The first-order valence-electron chi connectivity index (χ1n) is 4.69. The Balaban J connectivity index is 2.28. The molecule has 76 valence electrons. The lowest BCUT2D eigenvalue weighted by Crippen LogP contribution is -2.18. The van der Waals surface area contributed by atoms with E-state index >= 15 is 0 Å². The topological polar surface area (TPSA) is 81.1 Å². The van der Waals surface area contributed by atoms with E-state index in [0.717, 1.165) is 12.8 Å². The van der Waals surface area contributed by atoms with Crippen molar-refractivity contribution in [3.8, 4) is 0 Å². The third-order valence-electron chi connectivity index (χ3n) is 2.64. The van der Waals surface area contributed by atoms with Crippen molar-refractivity contribution >= 4 is 5.95 Å². The molecule has 1 aliphatic carbocycles. The van der Waals surface area contributed by atoms with Crippen LogP contribution in [-0.2, 0) is 0 Å². The minimum atomic E-state index is -0.322. The molecule has 14 heavy (non-hydrogen) atoms. The van der Waals surface area contributed by atoms with Crippen molar-refractivity contribution in [3.63, 3.8) is 0 Å². The molecule has 0 spiro atoms. The first-order chi connectivity index (χ1) is 6.66. The van der Waals surface area contributed by atoms with Crippen LogP contribution in [0.25, 0.3) is 0 Å². The number of nitrogen functional groups attached to an aromatic ring is 1. The third kappa shape index (κ3) is 1.63. The number of hydrogen-bond acceptors (Lipinski definition) is 4. The minimum absolute atomic E-state index is 0.179. The van der Waals surface area contributed by atoms with Gasteiger partial charge >= 0.3 is 0 Å². The van der Waals surface area contributed by atoms with E-state index in [2.05, 4.69) is 4.98 Å². The van der Waals surface area contributed by atoms with Gasteiger partial charge in [0.2, 0.25) is 5.95 Å². The van der Waals surface area contributed by atoms with Gasteiger partial charge in [-0.25, -0.2) is 0 Å². The van der Waals surface area contributed by atoms with E-state index in [4.69, 9.17) is 5.73 Å². The van der Waals surface area contributed by atoms with Crippen LogP contribution in [0.15, 0.2) is 17.1 Å². The number of nitrogens with two attached hydrogens (primary N) is 1. The lowest BCUT2D eigenvalue weighted by Gasteiger charge is -2.15. The summed E-state index contributed by atoms with van der Waals surface area (Å²) in [4.78, 5) is 14.5. The highest BCUT2D eigenvalue weighted by atomic mass is 16.3. The third-order valence-corrected chi connectivity index (χ3v) is 2.64. The van der Waals surface area contributed by atoms with E-state index in [1.54, 1.807) is 10.8 Å². The number of aromatic nitrogens is 2. The SMILES string of the molecule is Nc1nc(=O)ccn1C1CCC(O)C1. The summed E-state index contributed by atoms with van der Waals surface area (Å²) in [5.41, 5.74) is 5.29. The number of hydrogen-bond donors (Lipinski definition) is 2. The van der Waals surface area contributed by atoms with E-state index in [0.29, 0.717) is 6.42 Å². The Hall–Kier alpha value is -1.36. The summed E-state index contributed by atoms with van der Waals surface area (Å²) in [5, 5.41) is 9.37. The van der Waals surface area contributed by atoms with Gasteiger partial charge in [0.25, 0.3) is 5.56 Å². The normalized spacial score (nSPS) is 26.6. The van der Waals surface area contributed by atoms with Crippen molar-refractivity contribution < 1.29 is 5.11 Å². The summed E-state index contributed by atoms with van der Waals surface area (Å²) in [7, 11) is 0. The van der Waals surface area contributed by atoms with Gasteiger partial charge in [0, 0.05) is 18.3 Å². The number of aliphatic hydroxyl groups excluding tert-OH is 1. The molecule has 1 aliphatic rings. The van der Waals surface area contributed by atoms with E-state index < -0.39 is 0 Å². The molecule has 5 nitrogen and oxygen atoms in total. The molecule has 0 amide bonds. The van der Waals surface area contributed by atoms with Crippen LogP contribution >= 0.6 is 0 Å². The molecule has 1 aromatic rings. The van der Waals surface area contributed by atoms with Gasteiger partial charge in [-0.2, -0.15) is 4.98 Å². The molecule has 5 heteroatoms. The maximum atomic E-state index is 10.9. The zero-order chi connectivity index (χ0) is 10.1. The number of aliphatic hydroxyl groups is 1. The molecule has 1 saturated carbocycles. The van der Waals surface area contributed by atoms with Gasteiger partial charge in [-0.05, 0) is 19.3 Å². The Bertz CT molecular complexity index is 388. The molecular formula is C9H13N3O2. The molecular weight excluding hydrogens is 182 g/mol. The van der Waals surface area contributed by atoms with Crippen LogP contribution in [0.2, 0.25) is 0 Å². The molecule has 0 radical (unpaired) electrons. The van der Waals surface area contributed by atoms with Crippen molar-refractivity contribution in [1.82, 2.24) is 9.55 Å². The smallest absolute Gasteiger partial charge is 0.274 e. The molecule has 2 atom stereocenters. The molecule has 2 rings (SSSR count). The summed E-state index contributed by atoms with van der Waals surface area (Å²) in [5.74, 6) is 0.233. The lowest BCUT2D eigenvalue weighted by atomic mass is 10.2. The summed E-state index contributed by atoms with van der Waals surface area (Å²) in [6.07, 6.45) is 3.76. The second-order valence-corrected chi connectivity index (χ2v) is 3.65. The van der Waals surface area contributed by atoms with Crippen molar-refractivity contribution in [1.29, 1.82) is 0 Å². The Labute approximate surface area is 81.2 Å². The van der Waals surface area contributed by atoms with Crippen LogP contribution < -0.4 is 11.3 Å². The Morgan fingerprint density at radius 2 is 2.36 bits per heavy atom. The quantitative estimate of drug-likeness (QED) is 0.656. The van der Waals surface area contributed by atoms with Gasteiger partial charge in [-0.15, -0.1) is 0 Å². The Morgan fingerprint density at radius 1 is 1.57 bits per heavy atom. The van der Waals surface area contributed by atoms with E-state index in [9.17, 15) is 9.90 Å². The van der Waals surface area contributed by atoms with Gasteiger partial charge in [-0.3, -0.25) is 4.79 Å². The lowest BCUT2D eigenvalue weighted by molar-refractivity contribution is 0.178. The van der Waals surface area contributed by atoms with Gasteiger partial charge in [0.1, 0.15) is 0 Å².